The van der Waals surface area contributed by atoms with Crippen LogP contribution in [0.15, 0.2) is 18.2 Å². The molecule has 5 heteroatoms. The number of para-hydroxylation sites is 1. The number of benzene rings is 1. The highest BCUT2D eigenvalue weighted by Gasteiger charge is 2.18. The number of nitrogens with one attached hydrogen (secondary N) is 1. The summed E-state index contributed by atoms with van der Waals surface area (Å²) in [7, 11) is 1.58. The number of hydrogen-bond donors (Lipinski definition) is 1. The molecule has 24 heavy (non-hydrogen) atoms. The Bertz CT molecular complexity index is 541. The van der Waals surface area contributed by atoms with E-state index in [1.165, 1.54) is 11.8 Å². The summed E-state index contributed by atoms with van der Waals surface area (Å²) in [6.07, 6.45) is 0. The molecule has 1 rings (SSSR count). The summed E-state index contributed by atoms with van der Waals surface area (Å²) >= 11 is 0. The molecule has 0 aliphatic heterocycles. The molecular weight excluding hydrogens is 304 g/mol. The van der Waals surface area contributed by atoms with Crippen molar-refractivity contribution in [3.8, 4) is 0 Å². The van der Waals surface area contributed by atoms with Gasteiger partial charge in [0, 0.05) is 26.3 Å². The molecule has 0 radical (unpaired) electrons. The Labute approximate surface area is 145 Å². The lowest BCUT2D eigenvalue weighted by Crippen LogP contribution is -2.38. The molecule has 0 unspecified atom stereocenters. The molecule has 0 aliphatic carbocycles. The molecule has 2 amide bonds. The van der Waals surface area contributed by atoms with Crippen LogP contribution in [0, 0.1) is 0 Å². The summed E-state index contributed by atoms with van der Waals surface area (Å²) in [4.78, 5) is 25.7. The van der Waals surface area contributed by atoms with E-state index < -0.39 is 0 Å². The minimum absolute atomic E-state index is 0.0304. The molecule has 1 N–H and O–H groups in total. The summed E-state index contributed by atoms with van der Waals surface area (Å²) in [5.41, 5.74) is 3.10. The van der Waals surface area contributed by atoms with E-state index in [4.69, 9.17) is 4.74 Å². The van der Waals surface area contributed by atoms with Gasteiger partial charge in [0.1, 0.15) is 0 Å². The SMILES string of the molecule is COCCN(CC(=O)Nc1c(C(C)C)cccc1C(C)C)C(C)=O. The summed E-state index contributed by atoms with van der Waals surface area (Å²) < 4.78 is 5.00. The number of carbonyl (C=O) groups excluding carboxylic acids is 2. The fourth-order valence-electron chi connectivity index (χ4n) is 2.60. The van der Waals surface area contributed by atoms with E-state index in [9.17, 15) is 9.59 Å². The molecule has 134 valence electrons. The van der Waals surface area contributed by atoms with Crippen molar-refractivity contribution >= 4 is 17.5 Å². The average molecular weight is 334 g/mol. The van der Waals surface area contributed by atoms with E-state index in [2.05, 4.69) is 33.0 Å². The van der Waals surface area contributed by atoms with Gasteiger partial charge in [-0.1, -0.05) is 45.9 Å². The smallest absolute Gasteiger partial charge is 0.244 e. The molecular formula is C19H30N2O3. The molecule has 0 saturated carbocycles. The highest BCUT2D eigenvalue weighted by molar-refractivity contribution is 5.95. The highest BCUT2D eigenvalue weighted by atomic mass is 16.5. The number of nitrogens with zero attached hydrogens (tertiary/aromatic N) is 1. The summed E-state index contributed by atoms with van der Waals surface area (Å²) in [5, 5.41) is 3.03. The maximum absolute atomic E-state index is 12.5. The Kier molecular flexibility index (Phi) is 7.92. The second-order valence-corrected chi connectivity index (χ2v) is 6.60. The lowest BCUT2D eigenvalue weighted by atomic mass is 9.92. The lowest BCUT2D eigenvalue weighted by molar-refractivity contribution is -0.133. The fourth-order valence-corrected chi connectivity index (χ4v) is 2.60. The number of ether oxygens (including phenoxy) is 1. The molecule has 0 aliphatic rings. The Morgan fingerprint density at radius 1 is 1.12 bits per heavy atom. The molecule has 0 heterocycles. The van der Waals surface area contributed by atoms with Gasteiger partial charge in [0.2, 0.25) is 11.8 Å². The number of anilines is 1. The van der Waals surface area contributed by atoms with E-state index in [-0.39, 0.29) is 18.4 Å². The van der Waals surface area contributed by atoms with Crippen LogP contribution in [0.5, 0.6) is 0 Å². The Morgan fingerprint density at radius 2 is 1.67 bits per heavy atom. The van der Waals surface area contributed by atoms with Gasteiger partial charge in [0.15, 0.2) is 0 Å². The molecule has 0 bridgehead atoms. The largest absolute Gasteiger partial charge is 0.383 e. The molecule has 1 aromatic rings. The highest BCUT2D eigenvalue weighted by Crippen LogP contribution is 2.32. The van der Waals surface area contributed by atoms with E-state index in [0.717, 1.165) is 16.8 Å². The number of amides is 2. The van der Waals surface area contributed by atoms with Gasteiger partial charge in [-0.2, -0.15) is 0 Å². The van der Waals surface area contributed by atoms with Crippen molar-refractivity contribution in [1.82, 2.24) is 4.90 Å². The van der Waals surface area contributed by atoms with Crippen LogP contribution < -0.4 is 5.32 Å². The van der Waals surface area contributed by atoms with Crippen LogP contribution >= 0.6 is 0 Å². The number of rotatable bonds is 8. The number of hydrogen-bond acceptors (Lipinski definition) is 3. The van der Waals surface area contributed by atoms with Crippen molar-refractivity contribution in [3.63, 3.8) is 0 Å². The van der Waals surface area contributed by atoms with E-state index in [1.807, 2.05) is 18.2 Å². The average Bonchev–Trinajstić information content (AvgIpc) is 2.50. The predicted octanol–water partition coefficient (Wildman–Crippen LogP) is 3.37. The zero-order valence-electron chi connectivity index (χ0n) is 15.7. The summed E-state index contributed by atoms with van der Waals surface area (Å²) in [6.45, 7) is 10.7. The first kappa shape index (κ1) is 20.2. The van der Waals surface area contributed by atoms with Crippen LogP contribution in [0.2, 0.25) is 0 Å². The normalized spacial score (nSPS) is 11.0. The Morgan fingerprint density at radius 3 is 2.08 bits per heavy atom. The molecule has 0 saturated heterocycles. The van der Waals surface area contributed by atoms with Crippen LogP contribution in [0.4, 0.5) is 5.69 Å². The van der Waals surface area contributed by atoms with Gasteiger partial charge >= 0.3 is 0 Å². The van der Waals surface area contributed by atoms with Crippen molar-refractivity contribution < 1.29 is 14.3 Å². The minimum Gasteiger partial charge on any atom is -0.383 e. The Balaban J connectivity index is 2.98. The first-order chi connectivity index (χ1) is 11.3. The third kappa shape index (κ3) is 5.64. The lowest BCUT2D eigenvalue weighted by Gasteiger charge is -2.23. The van der Waals surface area contributed by atoms with Gasteiger partial charge in [-0.3, -0.25) is 9.59 Å². The topological polar surface area (TPSA) is 58.6 Å². The van der Waals surface area contributed by atoms with E-state index in [0.29, 0.717) is 25.0 Å². The monoisotopic (exact) mass is 334 g/mol. The third-order valence-corrected chi connectivity index (χ3v) is 3.98. The van der Waals surface area contributed by atoms with Crippen molar-refractivity contribution in [2.24, 2.45) is 0 Å². The van der Waals surface area contributed by atoms with Gasteiger partial charge in [-0.15, -0.1) is 0 Å². The van der Waals surface area contributed by atoms with Gasteiger partial charge < -0.3 is 15.0 Å². The standard InChI is InChI=1S/C19H30N2O3/c1-13(2)16-8-7-9-17(14(3)4)19(16)20-18(23)12-21(15(5)22)10-11-24-6/h7-9,13-14H,10-12H2,1-6H3,(H,20,23). The zero-order valence-corrected chi connectivity index (χ0v) is 15.7. The molecule has 5 nitrogen and oxygen atoms in total. The molecule has 0 atom stereocenters. The van der Waals surface area contributed by atoms with Gasteiger partial charge in [-0.25, -0.2) is 0 Å². The maximum atomic E-state index is 12.5. The quantitative estimate of drug-likeness (QED) is 0.793. The van der Waals surface area contributed by atoms with Crippen LogP contribution in [-0.2, 0) is 14.3 Å². The second kappa shape index (κ2) is 9.42. The van der Waals surface area contributed by atoms with E-state index in [1.54, 1.807) is 7.11 Å². The predicted molar refractivity (Wildman–Crippen MR) is 97.4 cm³/mol. The fraction of sp³-hybridized carbons (Fsp3) is 0.579. The third-order valence-electron chi connectivity index (χ3n) is 3.98. The number of carbonyl (C=O) groups is 2. The number of methoxy groups -OCH3 is 1. The zero-order chi connectivity index (χ0) is 18.3. The van der Waals surface area contributed by atoms with E-state index >= 15 is 0 Å². The van der Waals surface area contributed by atoms with Crippen molar-refractivity contribution in [2.75, 3.05) is 32.1 Å². The minimum atomic E-state index is -0.184. The van der Waals surface area contributed by atoms with Crippen LogP contribution in [0.25, 0.3) is 0 Å². The van der Waals surface area contributed by atoms with Crippen molar-refractivity contribution in [1.29, 1.82) is 0 Å². The van der Waals surface area contributed by atoms with Gasteiger partial charge in [0.25, 0.3) is 0 Å². The summed E-state index contributed by atoms with van der Waals surface area (Å²) in [5.74, 6) is 0.285. The van der Waals surface area contributed by atoms with Gasteiger partial charge in [0.05, 0.1) is 13.2 Å². The van der Waals surface area contributed by atoms with Gasteiger partial charge in [-0.05, 0) is 23.0 Å². The van der Waals surface area contributed by atoms with Crippen LogP contribution in [-0.4, -0.2) is 43.5 Å². The summed E-state index contributed by atoms with van der Waals surface area (Å²) in [6, 6.07) is 6.11. The molecule has 0 spiro atoms. The molecule has 0 aromatic heterocycles. The second-order valence-electron chi connectivity index (χ2n) is 6.60. The van der Waals surface area contributed by atoms with Crippen LogP contribution in [0.1, 0.15) is 57.6 Å². The van der Waals surface area contributed by atoms with Crippen LogP contribution in [0.3, 0.4) is 0 Å². The first-order valence-electron chi connectivity index (χ1n) is 8.45. The van der Waals surface area contributed by atoms with Crippen molar-refractivity contribution in [2.45, 2.75) is 46.5 Å². The van der Waals surface area contributed by atoms with Crippen molar-refractivity contribution in [3.05, 3.63) is 29.3 Å². The molecule has 0 fully saturated rings. The maximum Gasteiger partial charge on any atom is 0.244 e. The molecule has 1 aromatic carbocycles. The first-order valence-corrected chi connectivity index (χ1v) is 8.45. The Hall–Kier alpha value is -1.88.